The van der Waals surface area contributed by atoms with Gasteiger partial charge < -0.3 is 49.2 Å². The lowest BCUT2D eigenvalue weighted by molar-refractivity contribution is -0.277. The van der Waals surface area contributed by atoms with Gasteiger partial charge in [0.2, 0.25) is 18.8 Å². The third-order valence-electron chi connectivity index (χ3n) is 5.53. The van der Waals surface area contributed by atoms with Crippen molar-refractivity contribution < 1.29 is 49.2 Å². The number of benzene rings is 2. The van der Waals surface area contributed by atoms with Gasteiger partial charge in [-0.2, -0.15) is 0 Å². The van der Waals surface area contributed by atoms with Gasteiger partial charge in [0.1, 0.15) is 24.4 Å². The summed E-state index contributed by atoms with van der Waals surface area (Å²) in [6.07, 6.45) is -6.01. The molecule has 0 aromatic heterocycles. The average Bonchev–Trinajstić information content (AvgIpc) is 3.26. The lowest BCUT2D eigenvalue weighted by Crippen LogP contribution is -2.60. The van der Waals surface area contributed by atoms with E-state index in [4.69, 9.17) is 23.7 Å². The minimum absolute atomic E-state index is 0.0220. The molecule has 0 amide bonds. The highest BCUT2D eigenvalue weighted by Crippen LogP contribution is 2.40. The number of fused-ring (bicyclic) bond motifs is 1. The van der Waals surface area contributed by atoms with Crippen molar-refractivity contribution >= 4 is 0 Å². The number of hydrogen-bond acceptors (Lipinski definition) is 10. The number of hydrogen-bond donors (Lipinski definition) is 5. The summed E-state index contributed by atoms with van der Waals surface area (Å²) in [5.41, 5.74) is 1.74. The normalized spacial score (nSPS) is 26.7. The van der Waals surface area contributed by atoms with E-state index in [-0.39, 0.29) is 24.0 Å². The standard InChI is InChI=1S/C22H26O10/c1-28-21-13(24)6-12(3-2-11-4-5-14-15(7-11)30-10-29-14)8-16(21)31-22-20(27)19(26)18(25)17(9-23)32-22/h4-8,17-20,22-27H,2-3,9-10H2,1H3/t17-,18-,19+,20-,22-/m1/s1. The molecule has 2 heterocycles. The number of phenolic OH excluding ortho intramolecular Hbond substituents is 1. The van der Waals surface area contributed by atoms with Crippen LogP contribution in [-0.4, -0.2) is 76.7 Å². The molecular weight excluding hydrogens is 424 g/mol. The van der Waals surface area contributed by atoms with E-state index in [0.717, 1.165) is 11.1 Å². The van der Waals surface area contributed by atoms with Crippen LogP contribution < -0.4 is 18.9 Å². The maximum absolute atomic E-state index is 10.4. The Labute approximate surface area is 184 Å². The summed E-state index contributed by atoms with van der Waals surface area (Å²) in [7, 11) is 1.35. The highest BCUT2D eigenvalue weighted by Gasteiger charge is 2.45. The van der Waals surface area contributed by atoms with Crippen LogP contribution in [0.2, 0.25) is 0 Å². The van der Waals surface area contributed by atoms with Crippen molar-refractivity contribution in [3.05, 3.63) is 41.5 Å². The first kappa shape index (κ1) is 22.4. The number of phenols is 1. The Kier molecular flexibility index (Phi) is 6.58. The van der Waals surface area contributed by atoms with Gasteiger partial charge in [-0.15, -0.1) is 0 Å². The van der Waals surface area contributed by atoms with Gasteiger partial charge >= 0.3 is 0 Å². The highest BCUT2D eigenvalue weighted by atomic mass is 16.7. The molecule has 1 fully saturated rings. The van der Waals surface area contributed by atoms with Crippen LogP contribution in [0.15, 0.2) is 30.3 Å². The van der Waals surface area contributed by atoms with Crippen LogP contribution >= 0.6 is 0 Å². The van der Waals surface area contributed by atoms with E-state index in [1.54, 1.807) is 12.1 Å². The molecule has 5 N–H and O–H groups in total. The summed E-state index contributed by atoms with van der Waals surface area (Å²) < 4.78 is 27.0. The van der Waals surface area contributed by atoms with E-state index in [0.29, 0.717) is 24.3 Å². The Hall–Kier alpha value is -2.76. The summed E-state index contributed by atoms with van der Waals surface area (Å²) in [6, 6.07) is 8.86. The third-order valence-corrected chi connectivity index (χ3v) is 5.53. The monoisotopic (exact) mass is 450 g/mol. The summed E-state index contributed by atoms with van der Waals surface area (Å²) >= 11 is 0. The van der Waals surface area contributed by atoms with Crippen LogP contribution in [0, 0.1) is 0 Å². The number of aromatic hydroxyl groups is 1. The van der Waals surface area contributed by atoms with Crippen molar-refractivity contribution in [3.63, 3.8) is 0 Å². The SMILES string of the molecule is COc1c(O)cc(CCc2ccc3c(c2)OCO3)cc1O[C@@H]1O[C@H](CO)[C@@H](O)[C@H](O)[C@H]1O. The average molecular weight is 450 g/mol. The molecule has 32 heavy (non-hydrogen) atoms. The molecule has 0 spiro atoms. The van der Waals surface area contributed by atoms with Gasteiger partial charge in [-0.3, -0.25) is 0 Å². The Balaban J connectivity index is 1.52. The molecule has 0 aliphatic carbocycles. The van der Waals surface area contributed by atoms with Crippen molar-refractivity contribution in [1.29, 1.82) is 0 Å². The number of ether oxygens (including phenoxy) is 5. The van der Waals surface area contributed by atoms with E-state index in [1.165, 1.54) is 7.11 Å². The van der Waals surface area contributed by atoms with Crippen LogP contribution in [0.3, 0.4) is 0 Å². The van der Waals surface area contributed by atoms with Crippen LogP contribution in [0.4, 0.5) is 0 Å². The second kappa shape index (κ2) is 9.39. The number of rotatable bonds is 7. The van der Waals surface area contributed by atoms with Crippen molar-refractivity contribution in [2.45, 2.75) is 43.5 Å². The highest BCUT2D eigenvalue weighted by molar-refractivity contribution is 5.53. The molecule has 10 heteroatoms. The summed E-state index contributed by atoms with van der Waals surface area (Å²) in [4.78, 5) is 0. The predicted molar refractivity (Wildman–Crippen MR) is 109 cm³/mol. The first-order valence-electron chi connectivity index (χ1n) is 10.2. The van der Waals surface area contributed by atoms with Crippen LogP contribution in [0.25, 0.3) is 0 Å². The molecule has 0 bridgehead atoms. The van der Waals surface area contributed by atoms with Gasteiger partial charge in [-0.25, -0.2) is 0 Å². The summed E-state index contributed by atoms with van der Waals surface area (Å²) in [5.74, 6) is 1.32. The van der Waals surface area contributed by atoms with E-state index in [1.807, 2.05) is 18.2 Å². The quantitative estimate of drug-likeness (QED) is 0.393. The van der Waals surface area contributed by atoms with Crippen LogP contribution in [-0.2, 0) is 17.6 Å². The Bertz CT molecular complexity index is 947. The summed E-state index contributed by atoms with van der Waals surface area (Å²) in [5, 5.41) is 49.9. The van der Waals surface area contributed by atoms with Gasteiger partial charge in [0, 0.05) is 0 Å². The fourth-order valence-electron chi connectivity index (χ4n) is 3.76. The zero-order valence-electron chi connectivity index (χ0n) is 17.4. The Morgan fingerprint density at radius 2 is 1.69 bits per heavy atom. The third kappa shape index (κ3) is 4.41. The Morgan fingerprint density at radius 1 is 0.938 bits per heavy atom. The molecule has 1 saturated heterocycles. The lowest BCUT2D eigenvalue weighted by atomic mass is 9.99. The molecule has 2 aliphatic rings. The van der Waals surface area contributed by atoms with Gasteiger partial charge in [-0.1, -0.05) is 6.07 Å². The molecule has 0 unspecified atom stereocenters. The Morgan fingerprint density at radius 3 is 2.44 bits per heavy atom. The minimum atomic E-state index is -1.59. The van der Waals surface area contributed by atoms with Crippen molar-refractivity contribution in [2.75, 3.05) is 20.5 Å². The molecule has 0 saturated carbocycles. The van der Waals surface area contributed by atoms with Gasteiger partial charge in [0.05, 0.1) is 13.7 Å². The molecule has 0 radical (unpaired) electrons. The lowest BCUT2D eigenvalue weighted by Gasteiger charge is -2.39. The number of aliphatic hydroxyl groups is 4. The largest absolute Gasteiger partial charge is 0.504 e. The van der Waals surface area contributed by atoms with Gasteiger partial charge in [0.25, 0.3) is 0 Å². The molecule has 5 atom stereocenters. The van der Waals surface area contributed by atoms with Crippen molar-refractivity contribution in [3.8, 4) is 28.7 Å². The topological polar surface area (TPSA) is 147 Å². The molecule has 10 nitrogen and oxygen atoms in total. The van der Waals surface area contributed by atoms with Gasteiger partial charge in [-0.05, 0) is 48.2 Å². The molecule has 2 aliphatic heterocycles. The first-order chi connectivity index (χ1) is 15.4. The van der Waals surface area contributed by atoms with E-state index >= 15 is 0 Å². The van der Waals surface area contributed by atoms with Crippen LogP contribution in [0.5, 0.6) is 28.7 Å². The number of aryl methyl sites for hydroxylation is 2. The fourth-order valence-corrected chi connectivity index (χ4v) is 3.76. The zero-order chi connectivity index (χ0) is 22.8. The summed E-state index contributed by atoms with van der Waals surface area (Å²) in [6.45, 7) is -0.382. The van der Waals surface area contributed by atoms with E-state index in [9.17, 15) is 25.5 Å². The first-order valence-corrected chi connectivity index (χ1v) is 10.2. The number of methoxy groups -OCH3 is 1. The van der Waals surface area contributed by atoms with Gasteiger partial charge in [0.15, 0.2) is 23.0 Å². The fraction of sp³-hybridized carbons (Fsp3) is 0.455. The van der Waals surface area contributed by atoms with Crippen molar-refractivity contribution in [2.24, 2.45) is 0 Å². The van der Waals surface area contributed by atoms with E-state index in [2.05, 4.69) is 0 Å². The maximum atomic E-state index is 10.4. The zero-order valence-corrected chi connectivity index (χ0v) is 17.4. The smallest absolute Gasteiger partial charge is 0.231 e. The molecule has 4 rings (SSSR count). The molecule has 2 aromatic rings. The van der Waals surface area contributed by atoms with Crippen LogP contribution in [0.1, 0.15) is 11.1 Å². The second-order valence-corrected chi connectivity index (χ2v) is 7.65. The molecular formula is C22H26O10. The molecule has 2 aromatic carbocycles. The predicted octanol–water partition coefficient (Wildman–Crippen LogP) is 0.0934. The number of aliphatic hydroxyl groups excluding tert-OH is 4. The van der Waals surface area contributed by atoms with Crippen molar-refractivity contribution in [1.82, 2.24) is 0 Å². The second-order valence-electron chi connectivity index (χ2n) is 7.65. The molecule has 174 valence electrons. The maximum Gasteiger partial charge on any atom is 0.231 e. The minimum Gasteiger partial charge on any atom is -0.504 e. The van der Waals surface area contributed by atoms with E-state index < -0.39 is 37.3 Å².